The summed E-state index contributed by atoms with van der Waals surface area (Å²) in [5, 5.41) is 11.7. The van der Waals surface area contributed by atoms with Crippen LogP contribution in [0.1, 0.15) is 29.4 Å². The molecule has 10 heteroatoms. The highest BCUT2D eigenvalue weighted by Crippen LogP contribution is 2.44. The molecule has 1 atom stereocenters. The lowest BCUT2D eigenvalue weighted by Crippen LogP contribution is -2.39. The number of ether oxygens (including phenoxy) is 3. The lowest BCUT2D eigenvalue weighted by atomic mass is 9.95. The fourth-order valence-electron chi connectivity index (χ4n) is 5.30. The van der Waals surface area contributed by atoms with Gasteiger partial charge in [-0.2, -0.15) is 0 Å². The number of nitrogens with zero attached hydrogens (tertiary/aromatic N) is 4. The molecule has 2 aliphatic heterocycles. The minimum absolute atomic E-state index is 0.00155. The van der Waals surface area contributed by atoms with Crippen molar-refractivity contribution in [2.24, 2.45) is 0 Å². The van der Waals surface area contributed by atoms with Gasteiger partial charge in [0.1, 0.15) is 22.8 Å². The number of aliphatic hydroxyl groups excluding tert-OH is 1. The van der Waals surface area contributed by atoms with E-state index in [1.54, 1.807) is 42.8 Å². The number of morpholine rings is 1. The molecule has 1 aromatic carbocycles. The third-order valence-electron chi connectivity index (χ3n) is 7.18. The molecular formula is C28H32N4O6. The van der Waals surface area contributed by atoms with E-state index in [0.717, 1.165) is 19.6 Å². The number of aliphatic hydroxyl groups is 1. The third-order valence-corrected chi connectivity index (χ3v) is 7.18. The normalized spacial score (nSPS) is 19.9. The first-order valence-corrected chi connectivity index (χ1v) is 12.7. The number of benzene rings is 1. The van der Waals surface area contributed by atoms with E-state index in [0.29, 0.717) is 60.3 Å². The molecule has 2 aromatic heterocycles. The van der Waals surface area contributed by atoms with E-state index in [4.69, 9.17) is 14.2 Å². The molecule has 38 heavy (non-hydrogen) atoms. The van der Waals surface area contributed by atoms with E-state index in [-0.39, 0.29) is 11.3 Å². The van der Waals surface area contributed by atoms with Gasteiger partial charge in [0.15, 0.2) is 5.76 Å². The molecule has 0 spiro atoms. The van der Waals surface area contributed by atoms with Crippen LogP contribution in [0, 0.1) is 6.92 Å². The number of ketones is 1. The van der Waals surface area contributed by atoms with Gasteiger partial charge in [0.05, 0.1) is 44.7 Å². The second kappa shape index (κ2) is 10.8. The Morgan fingerprint density at radius 1 is 1.11 bits per heavy atom. The number of pyridine rings is 1. The Morgan fingerprint density at radius 2 is 1.89 bits per heavy atom. The molecule has 0 radical (unpaired) electrons. The van der Waals surface area contributed by atoms with Crippen molar-refractivity contribution in [3.63, 3.8) is 0 Å². The van der Waals surface area contributed by atoms with Gasteiger partial charge in [-0.05, 0) is 43.7 Å². The van der Waals surface area contributed by atoms with Crippen LogP contribution in [-0.4, -0.2) is 89.6 Å². The van der Waals surface area contributed by atoms with Crippen molar-refractivity contribution >= 4 is 23.1 Å². The zero-order valence-corrected chi connectivity index (χ0v) is 21.8. The molecule has 0 saturated carbocycles. The van der Waals surface area contributed by atoms with Crippen molar-refractivity contribution in [3.05, 3.63) is 65.1 Å². The number of imidazole rings is 1. The highest BCUT2D eigenvalue weighted by Gasteiger charge is 2.47. The molecule has 2 aliphatic rings. The van der Waals surface area contributed by atoms with Gasteiger partial charge < -0.3 is 24.2 Å². The summed E-state index contributed by atoms with van der Waals surface area (Å²) in [5.41, 5.74) is 2.11. The van der Waals surface area contributed by atoms with Crippen LogP contribution in [0.25, 0.3) is 11.4 Å². The lowest BCUT2D eigenvalue weighted by Gasteiger charge is -2.29. The Bertz CT molecular complexity index is 1390. The summed E-state index contributed by atoms with van der Waals surface area (Å²) in [6.45, 7) is 5.89. The minimum Gasteiger partial charge on any atom is -0.505 e. The van der Waals surface area contributed by atoms with Gasteiger partial charge in [-0.1, -0.05) is 6.07 Å². The van der Waals surface area contributed by atoms with Crippen molar-refractivity contribution in [1.82, 2.24) is 19.2 Å². The topological polar surface area (TPSA) is 106 Å². The van der Waals surface area contributed by atoms with Gasteiger partial charge in [-0.3, -0.25) is 18.9 Å². The maximum atomic E-state index is 13.6. The van der Waals surface area contributed by atoms with Gasteiger partial charge >= 0.3 is 0 Å². The largest absolute Gasteiger partial charge is 0.505 e. The van der Waals surface area contributed by atoms with Crippen LogP contribution < -0.4 is 9.47 Å². The quantitative estimate of drug-likeness (QED) is 0.275. The smallest absolute Gasteiger partial charge is 0.295 e. The highest BCUT2D eigenvalue weighted by molar-refractivity contribution is 6.46. The van der Waals surface area contributed by atoms with Gasteiger partial charge in [0.25, 0.3) is 11.7 Å². The zero-order chi connectivity index (χ0) is 26.8. The molecule has 200 valence electrons. The van der Waals surface area contributed by atoms with Gasteiger partial charge in [-0.15, -0.1) is 0 Å². The van der Waals surface area contributed by atoms with Crippen LogP contribution in [0.3, 0.4) is 0 Å². The van der Waals surface area contributed by atoms with Crippen molar-refractivity contribution in [1.29, 1.82) is 0 Å². The van der Waals surface area contributed by atoms with Crippen LogP contribution >= 0.6 is 0 Å². The van der Waals surface area contributed by atoms with E-state index in [1.807, 2.05) is 18.2 Å². The molecule has 10 nitrogen and oxygen atoms in total. The summed E-state index contributed by atoms with van der Waals surface area (Å²) in [6, 6.07) is 9.86. The van der Waals surface area contributed by atoms with Gasteiger partial charge in [-0.25, -0.2) is 4.98 Å². The van der Waals surface area contributed by atoms with Crippen molar-refractivity contribution in [3.8, 4) is 11.5 Å². The predicted octanol–water partition coefficient (Wildman–Crippen LogP) is 2.80. The molecule has 2 saturated heterocycles. The van der Waals surface area contributed by atoms with Gasteiger partial charge in [0.2, 0.25) is 0 Å². The average Bonchev–Trinajstić information content (AvgIpc) is 3.41. The number of hydrogen-bond donors (Lipinski definition) is 1. The lowest BCUT2D eigenvalue weighted by molar-refractivity contribution is -0.140. The fourth-order valence-corrected chi connectivity index (χ4v) is 5.30. The van der Waals surface area contributed by atoms with Crippen LogP contribution in [0.5, 0.6) is 11.5 Å². The molecule has 3 aromatic rings. The van der Waals surface area contributed by atoms with E-state index >= 15 is 0 Å². The first-order chi connectivity index (χ1) is 18.4. The van der Waals surface area contributed by atoms with Crippen molar-refractivity contribution in [2.45, 2.75) is 19.4 Å². The maximum Gasteiger partial charge on any atom is 0.295 e. The van der Waals surface area contributed by atoms with E-state index in [9.17, 15) is 14.7 Å². The summed E-state index contributed by atoms with van der Waals surface area (Å²) >= 11 is 0. The Kier molecular flexibility index (Phi) is 7.35. The number of aryl methyl sites for hydroxylation is 1. The molecule has 4 heterocycles. The number of hydrogen-bond acceptors (Lipinski definition) is 8. The predicted molar refractivity (Wildman–Crippen MR) is 140 cm³/mol. The summed E-state index contributed by atoms with van der Waals surface area (Å²) < 4.78 is 18.2. The summed E-state index contributed by atoms with van der Waals surface area (Å²) in [5.74, 6) is -0.642. The monoisotopic (exact) mass is 520 g/mol. The molecule has 5 rings (SSSR count). The molecular weight excluding hydrogens is 488 g/mol. The number of methoxy groups -OCH3 is 2. The van der Waals surface area contributed by atoms with Crippen LogP contribution in [0.15, 0.2) is 48.2 Å². The fraction of sp³-hybridized carbons (Fsp3) is 0.393. The maximum absolute atomic E-state index is 13.6. The van der Waals surface area contributed by atoms with Crippen LogP contribution in [-0.2, 0) is 14.3 Å². The molecule has 1 amide bonds. The van der Waals surface area contributed by atoms with Crippen LogP contribution in [0.4, 0.5) is 0 Å². The summed E-state index contributed by atoms with van der Waals surface area (Å²) in [6.07, 6.45) is 2.43. The highest BCUT2D eigenvalue weighted by atomic mass is 16.5. The number of likely N-dealkylation sites (tertiary alicyclic amines) is 1. The Morgan fingerprint density at radius 3 is 2.63 bits per heavy atom. The van der Waals surface area contributed by atoms with E-state index in [1.165, 1.54) is 12.0 Å². The first-order valence-electron chi connectivity index (χ1n) is 12.7. The first kappa shape index (κ1) is 25.7. The number of carbonyl (C=O) groups is 2. The SMILES string of the molecule is COc1ccc(OC)c([C@@H]2C(=C(O)c3c(C)nc4ccccn34)C(=O)C(=O)N2CCCN2CCOCC2)c1. The van der Waals surface area contributed by atoms with Crippen molar-refractivity contribution < 1.29 is 28.9 Å². The molecule has 0 unspecified atom stereocenters. The van der Waals surface area contributed by atoms with Crippen molar-refractivity contribution in [2.75, 3.05) is 53.6 Å². The molecule has 0 bridgehead atoms. The molecule has 1 N–H and O–H groups in total. The number of rotatable bonds is 8. The van der Waals surface area contributed by atoms with Gasteiger partial charge in [0, 0.05) is 37.9 Å². The average molecular weight is 521 g/mol. The second-order valence-electron chi connectivity index (χ2n) is 9.38. The minimum atomic E-state index is -0.863. The molecule has 2 fully saturated rings. The zero-order valence-electron chi connectivity index (χ0n) is 21.8. The van der Waals surface area contributed by atoms with E-state index < -0.39 is 17.7 Å². The Hall–Kier alpha value is -3.89. The number of amides is 1. The number of aromatic nitrogens is 2. The number of Topliss-reactive ketones (excluding diaryl/α,β-unsaturated/α-hetero) is 1. The summed E-state index contributed by atoms with van der Waals surface area (Å²) in [4.78, 5) is 35.4. The van der Waals surface area contributed by atoms with Crippen LogP contribution in [0.2, 0.25) is 0 Å². The second-order valence-corrected chi connectivity index (χ2v) is 9.38. The Balaban J connectivity index is 1.61. The summed E-state index contributed by atoms with van der Waals surface area (Å²) in [7, 11) is 3.08. The Labute approximate surface area is 221 Å². The number of carbonyl (C=O) groups excluding carboxylic acids is 2. The molecule has 0 aliphatic carbocycles. The third kappa shape index (κ3) is 4.61. The number of fused-ring (bicyclic) bond motifs is 1. The standard InChI is InChI=1S/C28H32N4O6/c1-18-24(31-11-5-4-7-22(31)29-18)26(33)23-25(20-17-19(36-2)8-9-21(20)37-3)32(28(35)27(23)34)12-6-10-30-13-15-38-16-14-30/h4-5,7-9,11,17,25,33H,6,10,12-16H2,1-3H3/t25-/m1/s1. The van der Waals surface area contributed by atoms with E-state index in [2.05, 4.69) is 9.88 Å².